The lowest BCUT2D eigenvalue weighted by molar-refractivity contribution is 0.902. The van der Waals surface area contributed by atoms with Crippen LogP contribution in [-0.4, -0.2) is 9.55 Å². The molecule has 0 fully saturated rings. The third kappa shape index (κ3) is 1.21. The summed E-state index contributed by atoms with van der Waals surface area (Å²) in [5.74, 6) is 0. The fourth-order valence-electron chi connectivity index (χ4n) is 1.63. The highest BCUT2D eigenvalue weighted by molar-refractivity contribution is 5.75. The van der Waals surface area contributed by atoms with Crippen LogP contribution in [0.4, 0.5) is 0 Å². The van der Waals surface area contributed by atoms with E-state index in [2.05, 4.69) is 4.98 Å². The summed E-state index contributed by atoms with van der Waals surface area (Å²) in [5.41, 5.74) is 1.69. The average molecular weight is 188 g/mol. The maximum absolute atomic E-state index is 11.9. The van der Waals surface area contributed by atoms with Crippen LogP contribution in [0.15, 0.2) is 29.3 Å². The van der Waals surface area contributed by atoms with Crippen LogP contribution in [0.2, 0.25) is 0 Å². The van der Waals surface area contributed by atoms with Crippen molar-refractivity contribution in [3.05, 3.63) is 40.3 Å². The normalized spacial score (nSPS) is 10.7. The van der Waals surface area contributed by atoms with Gasteiger partial charge in [-0.25, -0.2) is 4.98 Å². The highest BCUT2D eigenvalue weighted by Gasteiger charge is 2.05. The average Bonchev–Trinajstić information content (AvgIpc) is 2.23. The summed E-state index contributed by atoms with van der Waals surface area (Å²) in [6, 6.07) is 3.62. The maximum atomic E-state index is 11.9. The van der Waals surface area contributed by atoms with Crippen LogP contribution in [-0.2, 0) is 13.5 Å². The Hall–Kier alpha value is -1.64. The number of fused-ring (bicyclic) bond motifs is 1. The van der Waals surface area contributed by atoms with Crippen molar-refractivity contribution in [3.8, 4) is 0 Å². The molecule has 0 bridgehead atoms. The molecule has 0 aromatic carbocycles. The lowest BCUT2D eigenvalue weighted by atomic mass is 10.1. The van der Waals surface area contributed by atoms with Crippen LogP contribution in [0.25, 0.3) is 11.0 Å². The van der Waals surface area contributed by atoms with Crippen molar-refractivity contribution in [2.45, 2.75) is 13.3 Å². The van der Waals surface area contributed by atoms with Gasteiger partial charge in [-0.05, 0) is 18.6 Å². The second-order valence-electron chi connectivity index (χ2n) is 3.32. The van der Waals surface area contributed by atoms with Gasteiger partial charge in [0.15, 0.2) is 5.43 Å². The Balaban J connectivity index is 2.95. The lowest BCUT2D eigenvalue weighted by Gasteiger charge is -2.05. The Morgan fingerprint density at radius 3 is 3.00 bits per heavy atom. The molecule has 2 aromatic heterocycles. The number of hydrogen-bond donors (Lipinski definition) is 0. The number of hydrogen-bond acceptors (Lipinski definition) is 2. The summed E-state index contributed by atoms with van der Waals surface area (Å²) >= 11 is 0. The maximum Gasteiger partial charge on any atom is 0.194 e. The molecule has 0 aliphatic heterocycles. The van der Waals surface area contributed by atoms with Gasteiger partial charge in [-0.3, -0.25) is 4.79 Å². The summed E-state index contributed by atoms with van der Waals surface area (Å²) in [4.78, 5) is 16.0. The van der Waals surface area contributed by atoms with Crippen LogP contribution in [0.1, 0.15) is 12.5 Å². The van der Waals surface area contributed by atoms with Gasteiger partial charge in [0.2, 0.25) is 0 Å². The van der Waals surface area contributed by atoms with E-state index in [9.17, 15) is 4.79 Å². The van der Waals surface area contributed by atoms with Gasteiger partial charge in [0.25, 0.3) is 0 Å². The van der Waals surface area contributed by atoms with E-state index in [4.69, 9.17) is 0 Å². The molecule has 0 N–H and O–H groups in total. The van der Waals surface area contributed by atoms with Gasteiger partial charge in [-0.15, -0.1) is 0 Å². The Kier molecular flexibility index (Phi) is 2.08. The number of pyridine rings is 2. The molecule has 0 unspecified atom stereocenters. The Bertz CT molecular complexity index is 528. The first kappa shape index (κ1) is 8.94. The van der Waals surface area contributed by atoms with E-state index in [-0.39, 0.29) is 5.43 Å². The van der Waals surface area contributed by atoms with Crippen molar-refractivity contribution in [2.24, 2.45) is 7.05 Å². The molecule has 72 valence electrons. The molecule has 2 heterocycles. The summed E-state index contributed by atoms with van der Waals surface area (Å²) in [7, 11) is 1.91. The van der Waals surface area contributed by atoms with Crippen LogP contribution in [0, 0.1) is 0 Å². The molecule has 0 amide bonds. The van der Waals surface area contributed by atoms with E-state index in [0.717, 1.165) is 17.6 Å². The number of nitrogens with zero attached hydrogens (tertiary/aromatic N) is 2. The predicted molar refractivity (Wildman–Crippen MR) is 56.4 cm³/mol. The van der Waals surface area contributed by atoms with Gasteiger partial charge in [0, 0.05) is 25.0 Å². The summed E-state index contributed by atoms with van der Waals surface area (Å²) in [6.45, 7) is 1.99. The van der Waals surface area contributed by atoms with Crippen molar-refractivity contribution >= 4 is 11.0 Å². The van der Waals surface area contributed by atoms with E-state index in [1.165, 1.54) is 0 Å². The highest BCUT2D eigenvalue weighted by Crippen LogP contribution is 2.06. The third-order valence-electron chi connectivity index (χ3n) is 2.39. The molecule has 14 heavy (non-hydrogen) atoms. The second-order valence-corrected chi connectivity index (χ2v) is 3.32. The minimum absolute atomic E-state index is 0.105. The SMILES string of the molecule is CCc1cn(C)c2ncccc2c1=O. The van der Waals surface area contributed by atoms with Crippen molar-refractivity contribution in [3.63, 3.8) is 0 Å². The van der Waals surface area contributed by atoms with Crippen LogP contribution >= 0.6 is 0 Å². The van der Waals surface area contributed by atoms with Crippen molar-refractivity contribution < 1.29 is 0 Å². The van der Waals surface area contributed by atoms with E-state index in [1.54, 1.807) is 12.3 Å². The quantitative estimate of drug-likeness (QED) is 0.679. The first-order valence-corrected chi connectivity index (χ1v) is 4.67. The number of aryl methyl sites for hydroxylation is 2. The fourth-order valence-corrected chi connectivity index (χ4v) is 1.63. The predicted octanol–water partition coefficient (Wildman–Crippen LogP) is 1.50. The van der Waals surface area contributed by atoms with Crippen molar-refractivity contribution in [1.82, 2.24) is 9.55 Å². The Morgan fingerprint density at radius 1 is 1.50 bits per heavy atom. The standard InChI is InChI=1S/C11H12N2O/c1-3-8-7-13(2)11-9(10(8)14)5-4-6-12-11/h4-7H,3H2,1-2H3. The number of aromatic nitrogens is 2. The fraction of sp³-hybridized carbons (Fsp3) is 0.273. The number of rotatable bonds is 1. The van der Waals surface area contributed by atoms with Crippen LogP contribution < -0.4 is 5.43 Å². The monoisotopic (exact) mass is 188 g/mol. The molecule has 0 aliphatic rings. The second kappa shape index (κ2) is 3.25. The Morgan fingerprint density at radius 2 is 2.29 bits per heavy atom. The minimum atomic E-state index is 0.105. The molecule has 0 aliphatic carbocycles. The van der Waals surface area contributed by atoms with Gasteiger partial charge >= 0.3 is 0 Å². The van der Waals surface area contributed by atoms with Gasteiger partial charge in [0.05, 0.1) is 5.39 Å². The molecular formula is C11H12N2O. The largest absolute Gasteiger partial charge is 0.335 e. The van der Waals surface area contributed by atoms with E-state index in [0.29, 0.717) is 5.39 Å². The molecule has 0 saturated carbocycles. The smallest absolute Gasteiger partial charge is 0.194 e. The topological polar surface area (TPSA) is 34.9 Å². The van der Waals surface area contributed by atoms with E-state index in [1.807, 2.05) is 30.8 Å². The molecule has 2 rings (SSSR count). The first-order chi connectivity index (χ1) is 6.74. The zero-order valence-corrected chi connectivity index (χ0v) is 8.32. The van der Waals surface area contributed by atoms with Gasteiger partial charge in [-0.1, -0.05) is 6.92 Å². The zero-order valence-electron chi connectivity index (χ0n) is 8.32. The molecule has 0 atom stereocenters. The Labute approximate surface area is 82.0 Å². The molecule has 0 spiro atoms. The molecule has 2 aromatic rings. The highest BCUT2D eigenvalue weighted by atomic mass is 16.1. The molecule has 3 heteroatoms. The van der Waals surface area contributed by atoms with E-state index < -0.39 is 0 Å². The summed E-state index contributed by atoms with van der Waals surface area (Å²) in [6.07, 6.45) is 4.32. The molecule has 0 radical (unpaired) electrons. The summed E-state index contributed by atoms with van der Waals surface area (Å²) in [5, 5.41) is 0.703. The lowest BCUT2D eigenvalue weighted by Crippen LogP contribution is -2.13. The summed E-state index contributed by atoms with van der Waals surface area (Å²) < 4.78 is 1.90. The minimum Gasteiger partial charge on any atom is -0.335 e. The zero-order chi connectivity index (χ0) is 10.1. The molecule has 3 nitrogen and oxygen atoms in total. The molecule has 0 saturated heterocycles. The van der Waals surface area contributed by atoms with Gasteiger partial charge in [-0.2, -0.15) is 0 Å². The molecular weight excluding hydrogens is 176 g/mol. The van der Waals surface area contributed by atoms with Gasteiger partial charge in [0.1, 0.15) is 5.65 Å². The first-order valence-electron chi connectivity index (χ1n) is 4.67. The van der Waals surface area contributed by atoms with Gasteiger partial charge < -0.3 is 4.57 Å². The third-order valence-corrected chi connectivity index (χ3v) is 2.39. The van der Waals surface area contributed by atoms with Crippen LogP contribution in [0.5, 0.6) is 0 Å². The van der Waals surface area contributed by atoms with Crippen LogP contribution in [0.3, 0.4) is 0 Å². The van der Waals surface area contributed by atoms with E-state index >= 15 is 0 Å². The van der Waals surface area contributed by atoms with Crippen molar-refractivity contribution in [1.29, 1.82) is 0 Å². The van der Waals surface area contributed by atoms with Crippen molar-refractivity contribution in [2.75, 3.05) is 0 Å².